The molecule has 13 nitrogen and oxygen atoms in total. The minimum atomic E-state index is -1.16. The maximum atomic E-state index is 14.4. The molecule has 270 valence electrons. The number of pyridine rings is 1. The number of hydrogen-bond acceptors (Lipinski definition) is 10. The number of methoxy groups -OCH3 is 2. The first-order valence-corrected chi connectivity index (χ1v) is 16.9. The number of rotatable bonds is 11. The number of nitrogens with one attached hydrogen (secondary N) is 2. The zero-order chi connectivity index (χ0) is 36.5. The van der Waals surface area contributed by atoms with Crippen LogP contribution in [-0.4, -0.2) is 90.5 Å². The first-order chi connectivity index (χ1) is 22.9. The molecule has 0 radical (unpaired) electrons. The van der Waals surface area contributed by atoms with E-state index in [2.05, 4.69) is 15.6 Å². The minimum Gasteiger partial charge on any atom is -0.496 e. The summed E-state index contributed by atoms with van der Waals surface area (Å²) in [6, 6.07) is 3.32. The van der Waals surface area contributed by atoms with Crippen LogP contribution in [0.1, 0.15) is 80.2 Å². The van der Waals surface area contributed by atoms with Crippen LogP contribution in [0.4, 0.5) is 4.79 Å². The predicted molar refractivity (Wildman–Crippen MR) is 183 cm³/mol. The molecule has 1 aliphatic heterocycles. The van der Waals surface area contributed by atoms with Crippen LogP contribution in [0.25, 0.3) is 10.9 Å². The number of ether oxygens (including phenoxy) is 5. The van der Waals surface area contributed by atoms with E-state index in [4.69, 9.17) is 23.7 Å². The molecule has 2 aromatic rings. The van der Waals surface area contributed by atoms with Gasteiger partial charge in [-0.1, -0.05) is 34.1 Å². The number of aryl methyl sites for hydroxylation is 1. The summed E-state index contributed by atoms with van der Waals surface area (Å²) in [5.41, 5.74) is -1.26. The normalized spacial score (nSPS) is 22.6. The van der Waals surface area contributed by atoms with E-state index >= 15 is 0 Å². The predicted octanol–water partition coefficient (Wildman–Crippen LogP) is 4.70. The monoisotopic (exact) mass is 684 g/mol. The minimum absolute atomic E-state index is 0.0326. The van der Waals surface area contributed by atoms with Gasteiger partial charge < -0.3 is 39.2 Å². The Balaban J connectivity index is 1.72. The average molecular weight is 685 g/mol. The average Bonchev–Trinajstić information content (AvgIpc) is 3.57. The summed E-state index contributed by atoms with van der Waals surface area (Å²) in [4.78, 5) is 60.5. The molecule has 4 rings (SSSR count). The Morgan fingerprint density at radius 3 is 2.31 bits per heavy atom. The number of carbonyl (C=O) groups excluding carboxylic acids is 4. The van der Waals surface area contributed by atoms with Crippen LogP contribution >= 0.6 is 0 Å². The molecule has 1 aliphatic carbocycles. The lowest BCUT2D eigenvalue weighted by Gasteiger charge is -2.36. The lowest BCUT2D eigenvalue weighted by atomic mass is 9.85. The number of fused-ring (bicyclic) bond motifs is 1. The van der Waals surface area contributed by atoms with Crippen molar-refractivity contribution in [1.29, 1.82) is 0 Å². The summed E-state index contributed by atoms with van der Waals surface area (Å²) in [6.45, 7) is 16.8. The van der Waals surface area contributed by atoms with Gasteiger partial charge in [-0.05, 0) is 64.5 Å². The first-order valence-electron chi connectivity index (χ1n) is 16.9. The number of likely N-dealkylation sites (tertiary alicyclic amines) is 1. The Labute approximate surface area is 288 Å². The first kappa shape index (κ1) is 37.5. The molecule has 2 heterocycles. The maximum absolute atomic E-state index is 14.4. The fraction of sp³-hybridized carbons (Fsp3) is 0.639. The lowest BCUT2D eigenvalue weighted by Crippen LogP contribution is -2.59. The van der Waals surface area contributed by atoms with Gasteiger partial charge in [0, 0.05) is 23.4 Å². The lowest BCUT2D eigenvalue weighted by molar-refractivity contribution is -0.148. The second-order valence-electron chi connectivity index (χ2n) is 14.9. The van der Waals surface area contributed by atoms with Gasteiger partial charge in [-0.15, -0.1) is 0 Å². The molecule has 0 unspecified atom stereocenters. The van der Waals surface area contributed by atoms with Crippen molar-refractivity contribution in [1.82, 2.24) is 20.5 Å². The largest absolute Gasteiger partial charge is 0.496 e. The van der Waals surface area contributed by atoms with Crippen molar-refractivity contribution in [2.45, 2.75) is 111 Å². The quantitative estimate of drug-likeness (QED) is 0.319. The summed E-state index contributed by atoms with van der Waals surface area (Å²) in [5.74, 6) is -0.0992. The van der Waals surface area contributed by atoms with Crippen LogP contribution < -0.4 is 24.8 Å². The number of amides is 3. The number of alkyl carbamates (subject to hydrolysis) is 1. The second kappa shape index (κ2) is 14.3. The van der Waals surface area contributed by atoms with E-state index in [-0.39, 0.29) is 18.9 Å². The van der Waals surface area contributed by atoms with Gasteiger partial charge in [0.2, 0.25) is 17.7 Å². The van der Waals surface area contributed by atoms with Crippen molar-refractivity contribution in [3.8, 4) is 17.4 Å². The van der Waals surface area contributed by atoms with E-state index < -0.39 is 58.6 Å². The molecule has 0 spiro atoms. The van der Waals surface area contributed by atoms with Gasteiger partial charge in [-0.2, -0.15) is 0 Å². The van der Waals surface area contributed by atoms with Crippen LogP contribution in [0, 0.1) is 18.3 Å². The van der Waals surface area contributed by atoms with Gasteiger partial charge in [-0.3, -0.25) is 9.59 Å². The number of aromatic nitrogens is 1. The number of carbonyl (C=O) groups is 4. The summed E-state index contributed by atoms with van der Waals surface area (Å²) in [6.07, 6.45) is -0.154. The van der Waals surface area contributed by atoms with Gasteiger partial charge in [-0.25, -0.2) is 14.6 Å². The number of hydrogen-bond donors (Lipinski definition) is 2. The molecule has 0 bridgehead atoms. The molecule has 1 saturated carbocycles. The molecule has 1 aromatic heterocycles. The highest BCUT2D eigenvalue weighted by molar-refractivity contribution is 5.96. The zero-order valence-corrected chi connectivity index (χ0v) is 30.6. The standard InChI is InChI=1S/C36H52N4O9/c1-12-21-18-36(21,32(43)46-11)39-30(41)24-16-22(19-40(24)31(42)29(34(4,5)6)38-33(44)49-35(7,8)9)48-26-17-27(47-13-2)37-28-20(3)25(45-10)15-14-23(26)28/h14-15,17,21-22,24,29H,12-13,16,18-19H2,1-11H3,(H,38,44)(H,39,41)/t21-,22-,24+,29-,36-/m1/s1. The SMILES string of the molecule is CCOc1cc(O[C@@H]2C[C@@H](C(=O)N[C@]3(C(=O)OC)C[C@H]3CC)N(C(=O)[C@@H](NC(=O)OC(C)(C)C)C(C)(C)C)C2)c2ccc(OC)c(C)c2n1. The van der Waals surface area contributed by atoms with Gasteiger partial charge in [0.15, 0.2) is 0 Å². The van der Waals surface area contributed by atoms with E-state index in [1.54, 1.807) is 33.9 Å². The number of esters is 1. The molecule has 1 saturated heterocycles. The molecule has 2 N–H and O–H groups in total. The van der Waals surface area contributed by atoms with Crippen molar-refractivity contribution in [3.63, 3.8) is 0 Å². The van der Waals surface area contributed by atoms with Crippen LogP contribution in [0.5, 0.6) is 17.4 Å². The topological polar surface area (TPSA) is 155 Å². The van der Waals surface area contributed by atoms with Crippen LogP contribution in [-0.2, 0) is 23.9 Å². The van der Waals surface area contributed by atoms with E-state index in [1.807, 2.05) is 53.7 Å². The van der Waals surface area contributed by atoms with Gasteiger partial charge in [0.1, 0.15) is 40.8 Å². The van der Waals surface area contributed by atoms with Crippen molar-refractivity contribution < 1.29 is 42.9 Å². The third-order valence-electron chi connectivity index (χ3n) is 9.05. The Morgan fingerprint density at radius 1 is 1.06 bits per heavy atom. The Morgan fingerprint density at radius 2 is 1.76 bits per heavy atom. The van der Waals surface area contributed by atoms with E-state index in [9.17, 15) is 19.2 Å². The second-order valence-corrected chi connectivity index (χ2v) is 14.9. The highest BCUT2D eigenvalue weighted by Crippen LogP contribution is 2.47. The van der Waals surface area contributed by atoms with Crippen molar-refractivity contribution in [3.05, 3.63) is 23.8 Å². The molecule has 5 atom stereocenters. The van der Waals surface area contributed by atoms with E-state index in [0.29, 0.717) is 47.7 Å². The highest BCUT2D eigenvalue weighted by Gasteiger charge is 2.62. The molecule has 13 heteroatoms. The fourth-order valence-corrected chi connectivity index (χ4v) is 6.45. The summed E-state index contributed by atoms with van der Waals surface area (Å²) >= 11 is 0. The van der Waals surface area contributed by atoms with Crippen molar-refractivity contribution >= 4 is 34.8 Å². The van der Waals surface area contributed by atoms with Crippen LogP contribution in [0.15, 0.2) is 18.2 Å². The molecule has 49 heavy (non-hydrogen) atoms. The van der Waals surface area contributed by atoms with Gasteiger partial charge in [0.25, 0.3) is 0 Å². The van der Waals surface area contributed by atoms with Gasteiger partial charge >= 0.3 is 12.1 Å². The number of nitrogens with zero attached hydrogens (tertiary/aromatic N) is 2. The van der Waals surface area contributed by atoms with E-state index in [0.717, 1.165) is 5.56 Å². The molecular weight excluding hydrogens is 632 g/mol. The molecule has 2 fully saturated rings. The van der Waals surface area contributed by atoms with Gasteiger partial charge in [0.05, 0.1) is 32.9 Å². The molecule has 1 aromatic carbocycles. The zero-order valence-electron chi connectivity index (χ0n) is 30.6. The van der Waals surface area contributed by atoms with Crippen molar-refractivity contribution in [2.24, 2.45) is 11.3 Å². The maximum Gasteiger partial charge on any atom is 0.408 e. The summed E-state index contributed by atoms with van der Waals surface area (Å²) < 4.78 is 28.4. The Kier molecular flexibility index (Phi) is 10.9. The van der Waals surface area contributed by atoms with Crippen LogP contribution in [0.3, 0.4) is 0 Å². The van der Waals surface area contributed by atoms with Crippen molar-refractivity contribution in [2.75, 3.05) is 27.4 Å². The molecule has 3 amide bonds. The number of benzene rings is 1. The third-order valence-corrected chi connectivity index (χ3v) is 9.05. The summed E-state index contributed by atoms with van der Waals surface area (Å²) in [5, 5.41) is 6.39. The molecular formula is C36H52N4O9. The van der Waals surface area contributed by atoms with E-state index in [1.165, 1.54) is 12.0 Å². The summed E-state index contributed by atoms with van der Waals surface area (Å²) in [7, 11) is 2.88. The molecule has 2 aliphatic rings. The Hall–Kier alpha value is -4.29. The highest BCUT2D eigenvalue weighted by atomic mass is 16.6. The smallest absolute Gasteiger partial charge is 0.408 e. The Bertz CT molecular complexity index is 1580. The fourth-order valence-electron chi connectivity index (χ4n) is 6.45. The third kappa shape index (κ3) is 8.13. The van der Waals surface area contributed by atoms with Crippen LogP contribution in [0.2, 0.25) is 0 Å².